The van der Waals surface area contributed by atoms with Gasteiger partial charge in [-0.1, -0.05) is 52.4 Å². The largest absolute Gasteiger partial charge is 0.342 e. The molecule has 0 aromatic carbocycles. The van der Waals surface area contributed by atoms with E-state index in [4.69, 9.17) is 0 Å². The van der Waals surface area contributed by atoms with Crippen molar-refractivity contribution in [1.82, 2.24) is 4.90 Å². The molecule has 21 heavy (non-hydrogen) atoms. The number of carbonyl (C=O) groups excluding carboxylic acids is 1. The quantitative estimate of drug-likeness (QED) is 0.490. The second-order valence-corrected chi connectivity index (χ2v) is 7.37. The van der Waals surface area contributed by atoms with Crippen LogP contribution >= 0.6 is 0 Å². The number of hydrogen-bond donors (Lipinski definition) is 0. The molecule has 2 fully saturated rings. The SMILES string of the molecule is CCCCCCN(CCCCCC)C(=O)C1CC2CC2C1. The average Bonchev–Trinajstić information content (AvgIpc) is 3.11. The Morgan fingerprint density at radius 2 is 1.33 bits per heavy atom. The Hall–Kier alpha value is -0.530. The van der Waals surface area contributed by atoms with Gasteiger partial charge >= 0.3 is 0 Å². The molecule has 122 valence electrons. The molecule has 2 aliphatic rings. The fourth-order valence-electron chi connectivity index (χ4n) is 3.97. The van der Waals surface area contributed by atoms with E-state index in [0.29, 0.717) is 11.8 Å². The maximum Gasteiger partial charge on any atom is 0.225 e. The molecule has 2 heteroatoms. The fourth-order valence-corrected chi connectivity index (χ4v) is 3.97. The topological polar surface area (TPSA) is 20.3 Å². The summed E-state index contributed by atoms with van der Waals surface area (Å²) in [6, 6.07) is 0. The van der Waals surface area contributed by atoms with Gasteiger partial charge in [0.25, 0.3) is 0 Å². The van der Waals surface area contributed by atoms with Crippen LogP contribution in [0.1, 0.15) is 84.5 Å². The molecule has 0 heterocycles. The molecular formula is C19H35NO. The van der Waals surface area contributed by atoms with Crippen molar-refractivity contribution in [2.45, 2.75) is 84.5 Å². The number of hydrogen-bond acceptors (Lipinski definition) is 1. The number of carbonyl (C=O) groups is 1. The van der Waals surface area contributed by atoms with E-state index in [1.807, 2.05) is 0 Å². The zero-order valence-corrected chi connectivity index (χ0v) is 14.3. The second-order valence-electron chi connectivity index (χ2n) is 7.37. The molecule has 2 atom stereocenters. The van der Waals surface area contributed by atoms with Crippen molar-refractivity contribution in [2.75, 3.05) is 13.1 Å². The van der Waals surface area contributed by atoms with Crippen LogP contribution in [0.15, 0.2) is 0 Å². The summed E-state index contributed by atoms with van der Waals surface area (Å²) in [7, 11) is 0. The summed E-state index contributed by atoms with van der Waals surface area (Å²) in [6.07, 6.45) is 13.9. The first-order valence-electron chi connectivity index (χ1n) is 9.55. The molecule has 0 N–H and O–H groups in total. The van der Waals surface area contributed by atoms with Gasteiger partial charge in [0.05, 0.1) is 0 Å². The van der Waals surface area contributed by atoms with Crippen LogP contribution in [0, 0.1) is 17.8 Å². The van der Waals surface area contributed by atoms with E-state index in [1.54, 1.807) is 0 Å². The number of fused-ring (bicyclic) bond motifs is 1. The maximum absolute atomic E-state index is 12.8. The molecule has 2 saturated carbocycles. The average molecular weight is 293 g/mol. The number of amides is 1. The number of nitrogens with zero attached hydrogens (tertiary/aromatic N) is 1. The summed E-state index contributed by atoms with van der Waals surface area (Å²) < 4.78 is 0. The fraction of sp³-hybridized carbons (Fsp3) is 0.947. The van der Waals surface area contributed by atoms with Crippen molar-refractivity contribution < 1.29 is 4.79 Å². The Kier molecular flexibility index (Phi) is 7.06. The molecule has 0 aliphatic heterocycles. The van der Waals surface area contributed by atoms with E-state index >= 15 is 0 Å². The summed E-state index contributed by atoms with van der Waals surface area (Å²) in [5, 5.41) is 0. The molecule has 2 rings (SSSR count). The lowest BCUT2D eigenvalue weighted by Crippen LogP contribution is -2.37. The Balaban J connectivity index is 1.73. The minimum Gasteiger partial charge on any atom is -0.342 e. The van der Waals surface area contributed by atoms with Gasteiger partial charge in [-0.15, -0.1) is 0 Å². The first-order valence-corrected chi connectivity index (χ1v) is 9.55. The highest BCUT2D eigenvalue weighted by Crippen LogP contribution is 2.54. The summed E-state index contributed by atoms with van der Waals surface area (Å²) in [4.78, 5) is 15.0. The van der Waals surface area contributed by atoms with Crippen LogP contribution in [0.5, 0.6) is 0 Å². The Morgan fingerprint density at radius 3 is 1.81 bits per heavy atom. The molecular weight excluding hydrogens is 258 g/mol. The van der Waals surface area contributed by atoms with Crippen LogP contribution in [0.2, 0.25) is 0 Å². The third-order valence-electron chi connectivity index (χ3n) is 5.47. The summed E-state index contributed by atoms with van der Waals surface area (Å²) in [6.45, 7) is 6.52. The molecule has 2 unspecified atom stereocenters. The molecule has 1 amide bonds. The summed E-state index contributed by atoms with van der Waals surface area (Å²) >= 11 is 0. The van der Waals surface area contributed by atoms with E-state index in [2.05, 4.69) is 18.7 Å². The highest BCUT2D eigenvalue weighted by molar-refractivity contribution is 5.79. The van der Waals surface area contributed by atoms with Crippen LogP contribution < -0.4 is 0 Å². The minimum absolute atomic E-state index is 0.381. The third kappa shape index (κ3) is 5.30. The molecule has 0 bridgehead atoms. The number of unbranched alkanes of at least 4 members (excludes halogenated alkanes) is 6. The first-order chi connectivity index (χ1) is 10.3. The van der Waals surface area contributed by atoms with Crippen molar-refractivity contribution in [2.24, 2.45) is 17.8 Å². The third-order valence-corrected chi connectivity index (χ3v) is 5.47. The predicted octanol–water partition coefficient (Wildman–Crippen LogP) is 5.02. The second kappa shape index (κ2) is 8.80. The van der Waals surface area contributed by atoms with E-state index in [0.717, 1.165) is 24.9 Å². The van der Waals surface area contributed by atoms with Gasteiger partial charge in [-0.25, -0.2) is 0 Å². The molecule has 0 aromatic heterocycles. The summed E-state index contributed by atoms with van der Waals surface area (Å²) in [5.41, 5.74) is 0. The van der Waals surface area contributed by atoms with Crippen LogP contribution in [-0.4, -0.2) is 23.9 Å². The van der Waals surface area contributed by atoms with Crippen molar-refractivity contribution >= 4 is 5.91 Å². The Morgan fingerprint density at radius 1 is 0.810 bits per heavy atom. The van der Waals surface area contributed by atoms with Gasteiger partial charge < -0.3 is 4.90 Å². The molecule has 2 aliphatic carbocycles. The van der Waals surface area contributed by atoms with Gasteiger partial charge in [0.15, 0.2) is 0 Å². The van der Waals surface area contributed by atoms with Crippen LogP contribution in [0.3, 0.4) is 0 Å². The van der Waals surface area contributed by atoms with Gasteiger partial charge in [-0.2, -0.15) is 0 Å². The van der Waals surface area contributed by atoms with Gasteiger partial charge in [0.2, 0.25) is 5.91 Å². The zero-order valence-electron chi connectivity index (χ0n) is 14.3. The van der Waals surface area contributed by atoms with Gasteiger partial charge in [0, 0.05) is 19.0 Å². The standard InChI is InChI=1S/C19H35NO/c1-3-5-7-9-11-20(12-10-8-6-4-2)19(21)18-14-16-13-17(16)15-18/h16-18H,3-15H2,1-2H3. The smallest absolute Gasteiger partial charge is 0.225 e. The summed E-state index contributed by atoms with van der Waals surface area (Å²) in [5.74, 6) is 2.71. The van der Waals surface area contributed by atoms with E-state index in [9.17, 15) is 4.79 Å². The van der Waals surface area contributed by atoms with Crippen molar-refractivity contribution in [3.63, 3.8) is 0 Å². The molecule has 0 aromatic rings. The normalized spacial score (nSPS) is 26.7. The van der Waals surface area contributed by atoms with Crippen molar-refractivity contribution in [3.05, 3.63) is 0 Å². The molecule has 0 radical (unpaired) electrons. The Labute approximate surface area is 131 Å². The van der Waals surface area contributed by atoms with Crippen LogP contribution in [-0.2, 0) is 4.79 Å². The number of rotatable bonds is 11. The van der Waals surface area contributed by atoms with Crippen LogP contribution in [0.25, 0.3) is 0 Å². The predicted molar refractivity (Wildman–Crippen MR) is 89.2 cm³/mol. The van der Waals surface area contributed by atoms with E-state index in [-0.39, 0.29) is 0 Å². The Bertz CT molecular complexity index is 293. The highest BCUT2D eigenvalue weighted by Gasteiger charge is 2.48. The highest BCUT2D eigenvalue weighted by atomic mass is 16.2. The van der Waals surface area contributed by atoms with Crippen molar-refractivity contribution in [3.8, 4) is 0 Å². The minimum atomic E-state index is 0.381. The molecule has 0 saturated heterocycles. The van der Waals surface area contributed by atoms with E-state index < -0.39 is 0 Å². The zero-order chi connectivity index (χ0) is 15.1. The molecule has 2 nitrogen and oxygen atoms in total. The lowest BCUT2D eigenvalue weighted by molar-refractivity contribution is -0.135. The first kappa shape index (κ1) is 16.8. The van der Waals surface area contributed by atoms with Crippen molar-refractivity contribution in [1.29, 1.82) is 0 Å². The van der Waals surface area contributed by atoms with Crippen LogP contribution in [0.4, 0.5) is 0 Å². The van der Waals surface area contributed by atoms with E-state index in [1.165, 1.54) is 70.6 Å². The lowest BCUT2D eigenvalue weighted by Gasteiger charge is -2.26. The van der Waals surface area contributed by atoms with Gasteiger partial charge in [0.1, 0.15) is 0 Å². The monoisotopic (exact) mass is 293 g/mol. The lowest BCUT2D eigenvalue weighted by atomic mass is 10.0. The maximum atomic E-state index is 12.8. The van der Waals surface area contributed by atoms with Gasteiger partial charge in [-0.05, 0) is 43.9 Å². The van der Waals surface area contributed by atoms with Gasteiger partial charge in [-0.3, -0.25) is 4.79 Å². The molecule has 0 spiro atoms.